The van der Waals surface area contributed by atoms with Crippen molar-refractivity contribution in [2.24, 2.45) is 0 Å². The molecular formula is C17H19BrN2O. The predicted molar refractivity (Wildman–Crippen MR) is 90.5 cm³/mol. The fourth-order valence-electron chi connectivity index (χ4n) is 1.93. The number of rotatable bonds is 4. The monoisotopic (exact) mass is 346 g/mol. The van der Waals surface area contributed by atoms with E-state index in [0.29, 0.717) is 5.84 Å². The van der Waals surface area contributed by atoms with Gasteiger partial charge >= 0.3 is 0 Å². The molecule has 1 N–H and O–H groups in total. The summed E-state index contributed by atoms with van der Waals surface area (Å²) in [6.07, 6.45) is 0. The topological polar surface area (TPSA) is 36.3 Å². The van der Waals surface area contributed by atoms with Crippen LogP contribution in [0.1, 0.15) is 18.1 Å². The van der Waals surface area contributed by atoms with Gasteiger partial charge in [-0.3, -0.25) is 5.41 Å². The molecule has 0 aromatic heterocycles. The Balaban J connectivity index is 2.31. The molecule has 2 rings (SSSR count). The highest BCUT2D eigenvalue weighted by Crippen LogP contribution is 2.31. The Morgan fingerprint density at radius 2 is 1.90 bits per heavy atom. The number of nitrogens with one attached hydrogen (secondary N) is 1. The van der Waals surface area contributed by atoms with E-state index in [0.717, 1.165) is 33.6 Å². The lowest BCUT2D eigenvalue weighted by Gasteiger charge is -2.20. The SMILES string of the molecule is CCN(C)C(=N)c1cc(C)c(Oc2ccccc2)cc1Br. The van der Waals surface area contributed by atoms with E-state index in [9.17, 15) is 0 Å². The van der Waals surface area contributed by atoms with Gasteiger partial charge < -0.3 is 9.64 Å². The van der Waals surface area contributed by atoms with Gasteiger partial charge in [-0.25, -0.2) is 0 Å². The van der Waals surface area contributed by atoms with E-state index < -0.39 is 0 Å². The molecule has 0 atom stereocenters. The number of aryl methyl sites for hydroxylation is 1. The first-order valence-corrected chi connectivity index (χ1v) is 7.65. The van der Waals surface area contributed by atoms with Gasteiger partial charge in [0.25, 0.3) is 0 Å². The van der Waals surface area contributed by atoms with Crippen molar-refractivity contribution in [3.05, 3.63) is 58.1 Å². The molecule has 21 heavy (non-hydrogen) atoms. The highest BCUT2D eigenvalue weighted by Gasteiger charge is 2.13. The molecule has 110 valence electrons. The maximum absolute atomic E-state index is 8.22. The molecule has 3 nitrogen and oxygen atoms in total. The summed E-state index contributed by atoms with van der Waals surface area (Å²) in [5.74, 6) is 2.10. The van der Waals surface area contributed by atoms with Gasteiger partial charge in [-0.1, -0.05) is 18.2 Å². The number of benzene rings is 2. The summed E-state index contributed by atoms with van der Waals surface area (Å²) in [4.78, 5) is 1.90. The van der Waals surface area contributed by atoms with Gasteiger partial charge in [0, 0.05) is 23.6 Å². The Morgan fingerprint density at radius 3 is 2.52 bits per heavy atom. The third kappa shape index (κ3) is 3.64. The van der Waals surface area contributed by atoms with Crippen LogP contribution in [0.2, 0.25) is 0 Å². The number of hydrogen-bond acceptors (Lipinski definition) is 2. The van der Waals surface area contributed by atoms with E-state index in [2.05, 4.69) is 15.9 Å². The third-order valence-electron chi connectivity index (χ3n) is 3.35. The minimum atomic E-state index is 0.499. The molecule has 0 aliphatic rings. The maximum Gasteiger partial charge on any atom is 0.131 e. The fraction of sp³-hybridized carbons (Fsp3) is 0.235. The Morgan fingerprint density at radius 1 is 1.24 bits per heavy atom. The van der Waals surface area contributed by atoms with Crippen LogP contribution in [0.5, 0.6) is 11.5 Å². The molecule has 2 aromatic carbocycles. The minimum absolute atomic E-state index is 0.499. The Hall–Kier alpha value is -1.81. The lowest BCUT2D eigenvalue weighted by atomic mass is 10.1. The zero-order chi connectivity index (χ0) is 15.4. The van der Waals surface area contributed by atoms with Crippen molar-refractivity contribution in [2.75, 3.05) is 13.6 Å². The lowest BCUT2D eigenvalue weighted by Crippen LogP contribution is -2.26. The molecule has 0 fully saturated rings. The molecule has 0 radical (unpaired) electrons. The first kappa shape index (κ1) is 15.6. The second-order valence-electron chi connectivity index (χ2n) is 4.88. The Kier molecular flexibility index (Phi) is 5.02. The van der Waals surface area contributed by atoms with E-state index in [1.807, 2.05) is 68.3 Å². The van der Waals surface area contributed by atoms with Crippen LogP contribution in [0, 0.1) is 12.3 Å². The molecule has 0 bridgehead atoms. The number of halogens is 1. The van der Waals surface area contributed by atoms with E-state index in [1.54, 1.807) is 0 Å². The van der Waals surface area contributed by atoms with Crippen LogP contribution in [0.3, 0.4) is 0 Å². The summed E-state index contributed by atoms with van der Waals surface area (Å²) in [6.45, 7) is 4.82. The van der Waals surface area contributed by atoms with Crippen LogP contribution in [0.25, 0.3) is 0 Å². The van der Waals surface area contributed by atoms with Gasteiger partial charge in [0.05, 0.1) is 0 Å². The quantitative estimate of drug-likeness (QED) is 0.635. The van der Waals surface area contributed by atoms with Crippen molar-refractivity contribution < 1.29 is 4.74 Å². The van der Waals surface area contributed by atoms with Gasteiger partial charge in [0.1, 0.15) is 17.3 Å². The van der Waals surface area contributed by atoms with Crippen molar-refractivity contribution in [2.45, 2.75) is 13.8 Å². The van der Waals surface area contributed by atoms with Gasteiger partial charge in [0.2, 0.25) is 0 Å². The third-order valence-corrected chi connectivity index (χ3v) is 4.00. The van der Waals surface area contributed by atoms with Crippen LogP contribution in [0.4, 0.5) is 0 Å². The average molecular weight is 347 g/mol. The molecule has 0 saturated carbocycles. The zero-order valence-electron chi connectivity index (χ0n) is 12.5. The standard InChI is InChI=1S/C17H19BrN2O/c1-4-20(3)17(19)14-10-12(2)16(11-15(14)18)21-13-8-6-5-7-9-13/h5-11,19H,4H2,1-3H3. The molecule has 0 saturated heterocycles. The first-order valence-electron chi connectivity index (χ1n) is 6.86. The van der Waals surface area contributed by atoms with Crippen LogP contribution in [0.15, 0.2) is 46.9 Å². The minimum Gasteiger partial charge on any atom is -0.457 e. The van der Waals surface area contributed by atoms with E-state index in [1.165, 1.54) is 0 Å². The summed E-state index contributed by atoms with van der Waals surface area (Å²) >= 11 is 3.55. The predicted octanol–water partition coefficient (Wildman–Crippen LogP) is 4.83. The lowest BCUT2D eigenvalue weighted by molar-refractivity contribution is 0.478. The summed E-state index contributed by atoms with van der Waals surface area (Å²) in [5.41, 5.74) is 1.88. The first-order chi connectivity index (χ1) is 10.0. The van der Waals surface area contributed by atoms with Crippen LogP contribution >= 0.6 is 15.9 Å². The summed E-state index contributed by atoms with van der Waals surface area (Å²) < 4.78 is 6.76. The summed E-state index contributed by atoms with van der Waals surface area (Å²) in [6, 6.07) is 13.6. The van der Waals surface area contributed by atoms with Crippen molar-refractivity contribution in [1.82, 2.24) is 4.90 Å². The second kappa shape index (κ2) is 6.76. The molecule has 0 heterocycles. The van der Waals surface area contributed by atoms with Crippen LogP contribution in [-0.2, 0) is 0 Å². The average Bonchev–Trinajstić information content (AvgIpc) is 2.50. The largest absolute Gasteiger partial charge is 0.457 e. The normalized spacial score (nSPS) is 10.3. The maximum atomic E-state index is 8.22. The van der Waals surface area contributed by atoms with Crippen LogP contribution in [-0.4, -0.2) is 24.3 Å². The van der Waals surface area contributed by atoms with Crippen molar-refractivity contribution in [3.63, 3.8) is 0 Å². The molecule has 0 aliphatic carbocycles. The Labute approximate surface area is 134 Å². The van der Waals surface area contributed by atoms with Gasteiger partial charge in [0.15, 0.2) is 0 Å². The van der Waals surface area contributed by atoms with E-state index in [-0.39, 0.29) is 0 Å². The van der Waals surface area contributed by atoms with E-state index in [4.69, 9.17) is 10.1 Å². The molecule has 2 aromatic rings. The number of nitrogens with zero attached hydrogens (tertiary/aromatic N) is 1. The molecule has 0 amide bonds. The number of ether oxygens (including phenoxy) is 1. The Bertz CT molecular complexity index is 641. The van der Waals surface area contributed by atoms with Crippen molar-refractivity contribution in [1.29, 1.82) is 5.41 Å². The zero-order valence-corrected chi connectivity index (χ0v) is 14.1. The highest BCUT2D eigenvalue weighted by molar-refractivity contribution is 9.10. The van der Waals surface area contributed by atoms with Gasteiger partial charge in [-0.15, -0.1) is 0 Å². The summed E-state index contributed by atoms with van der Waals surface area (Å²) in [5, 5.41) is 8.22. The van der Waals surface area contributed by atoms with Crippen molar-refractivity contribution in [3.8, 4) is 11.5 Å². The number of hydrogen-bond donors (Lipinski definition) is 1. The molecular weight excluding hydrogens is 328 g/mol. The molecule has 0 aliphatic heterocycles. The highest BCUT2D eigenvalue weighted by atomic mass is 79.9. The van der Waals surface area contributed by atoms with Crippen LogP contribution < -0.4 is 4.74 Å². The summed E-state index contributed by atoms with van der Waals surface area (Å²) in [7, 11) is 1.92. The van der Waals surface area contributed by atoms with Gasteiger partial charge in [-0.05, 0) is 59.6 Å². The number of para-hydroxylation sites is 1. The van der Waals surface area contributed by atoms with Gasteiger partial charge in [-0.2, -0.15) is 0 Å². The fourth-order valence-corrected chi connectivity index (χ4v) is 2.44. The number of amidine groups is 1. The molecule has 0 spiro atoms. The molecule has 0 unspecified atom stereocenters. The molecule has 4 heteroatoms. The smallest absolute Gasteiger partial charge is 0.131 e. The van der Waals surface area contributed by atoms with Crippen molar-refractivity contribution >= 4 is 21.8 Å². The second-order valence-corrected chi connectivity index (χ2v) is 5.73. The van der Waals surface area contributed by atoms with E-state index >= 15 is 0 Å².